The molecule has 0 aliphatic rings. The third-order valence-corrected chi connectivity index (χ3v) is 5.19. The molecule has 0 aliphatic heterocycles. The highest BCUT2D eigenvalue weighted by atomic mass is 35.5. The van der Waals surface area contributed by atoms with Crippen molar-refractivity contribution in [2.24, 2.45) is 7.05 Å². The van der Waals surface area contributed by atoms with E-state index in [1.807, 2.05) is 25.4 Å². The lowest BCUT2D eigenvalue weighted by molar-refractivity contribution is 0.768. The molecule has 128 valence electrons. The smallest absolute Gasteiger partial charge is 0.188 e. The van der Waals surface area contributed by atoms with Crippen molar-refractivity contribution in [3.8, 4) is 11.1 Å². The highest BCUT2D eigenvalue weighted by Gasteiger charge is 2.22. The molecular weight excluding hydrogens is 334 g/mol. The van der Waals surface area contributed by atoms with Gasteiger partial charge in [0.1, 0.15) is 5.15 Å². The van der Waals surface area contributed by atoms with E-state index in [0.29, 0.717) is 5.15 Å². The van der Waals surface area contributed by atoms with E-state index in [9.17, 15) is 0 Å². The molecule has 0 saturated carbocycles. The molecule has 0 spiro atoms. The zero-order chi connectivity index (χ0) is 18.0. The van der Waals surface area contributed by atoms with Crippen LogP contribution in [-0.2, 0) is 7.05 Å². The van der Waals surface area contributed by atoms with Crippen LogP contribution in [0, 0.1) is 34.6 Å². The van der Waals surface area contributed by atoms with Gasteiger partial charge < -0.3 is 0 Å². The van der Waals surface area contributed by atoms with E-state index in [4.69, 9.17) is 21.7 Å². The summed E-state index contributed by atoms with van der Waals surface area (Å²) in [7, 11) is 1.83. The first-order chi connectivity index (χ1) is 11.8. The molecule has 3 heterocycles. The molecule has 6 heteroatoms. The van der Waals surface area contributed by atoms with Gasteiger partial charge >= 0.3 is 0 Å². The molecule has 0 N–H and O–H groups in total. The van der Waals surface area contributed by atoms with Crippen LogP contribution in [0.3, 0.4) is 0 Å². The van der Waals surface area contributed by atoms with Crippen molar-refractivity contribution in [2.45, 2.75) is 34.6 Å². The zero-order valence-electron chi connectivity index (χ0n) is 15.3. The molecule has 1 aromatic carbocycles. The summed E-state index contributed by atoms with van der Waals surface area (Å²) < 4.78 is 3.48. The monoisotopic (exact) mass is 353 g/mol. The van der Waals surface area contributed by atoms with E-state index in [1.165, 1.54) is 22.3 Å². The van der Waals surface area contributed by atoms with Crippen molar-refractivity contribution >= 4 is 28.3 Å². The van der Waals surface area contributed by atoms with Crippen molar-refractivity contribution in [3.63, 3.8) is 0 Å². The lowest BCUT2D eigenvalue weighted by Gasteiger charge is -2.11. The third-order valence-electron chi connectivity index (χ3n) is 4.76. The summed E-state index contributed by atoms with van der Waals surface area (Å²) in [6.45, 7) is 10.4. The molecule has 0 bridgehead atoms. The molecule has 4 rings (SSSR count). The maximum atomic E-state index is 6.40. The first kappa shape index (κ1) is 16.1. The predicted octanol–water partition coefficient (Wildman–Crippen LogP) is 4.48. The zero-order valence-corrected chi connectivity index (χ0v) is 16.0. The Balaban J connectivity index is 2.17. The topological polar surface area (TPSA) is 48.0 Å². The van der Waals surface area contributed by atoms with Gasteiger partial charge in [-0.15, -0.1) is 0 Å². The average molecular weight is 354 g/mol. The summed E-state index contributed by atoms with van der Waals surface area (Å²) in [6.07, 6.45) is 0. The Kier molecular flexibility index (Phi) is 3.41. The second-order valence-corrected chi connectivity index (χ2v) is 7.14. The number of rotatable bonds is 1. The molecule has 4 aromatic rings. The Morgan fingerprint density at radius 3 is 2.12 bits per heavy atom. The van der Waals surface area contributed by atoms with Gasteiger partial charge in [0, 0.05) is 7.05 Å². The van der Waals surface area contributed by atoms with E-state index < -0.39 is 0 Å². The van der Waals surface area contributed by atoms with Crippen LogP contribution in [0.15, 0.2) is 12.1 Å². The summed E-state index contributed by atoms with van der Waals surface area (Å²) in [6, 6.07) is 4.41. The lowest BCUT2D eigenvalue weighted by atomic mass is 9.94. The van der Waals surface area contributed by atoms with Crippen LogP contribution < -0.4 is 0 Å². The van der Waals surface area contributed by atoms with Crippen molar-refractivity contribution in [1.82, 2.24) is 24.4 Å². The second-order valence-electron chi connectivity index (χ2n) is 6.78. The van der Waals surface area contributed by atoms with E-state index in [-0.39, 0.29) is 0 Å². The minimum absolute atomic E-state index is 0.583. The van der Waals surface area contributed by atoms with Crippen molar-refractivity contribution in [1.29, 1.82) is 0 Å². The van der Waals surface area contributed by atoms with Crippen LogP contribution in [-0.4, -0.2) is 24.4 Å². The SMILES string of the molecule is Cc1cc(C)c(-c2c(C)nn3c2nc(C)c2c(Cl)n(C)nc23)c(C)c1. The highest BCUT2D eigenvalue weighted by Crippen LogP contribution is 2.35. The van der Waals surface area contributed by atoms with Crippen LogP contribution in [0.4, 0.5) is 0 Å². The fraction of sp³-hybridized carbons (Fsp3) is 0.316. The first-order valence-corrected chi connectivity index (χ1v) is 8.63. The Labute approximate surface area is 151 Å². The van der Waals surface area contributed by atoms with Gasteiger partial charge in [-0.2, -0.15) is 14.7 Å². The molecule has 3 aromatic heterocycles. The summed E-state index contributed by atoms with van der Waals surface area (Å²) >= 11 is 6.40. The highest BCUT2D eigenvalue weighted by molar-refractivity contribution is 6.34. The third kappa shape index (κ3) is 2.19. The van der Waals surface area contributed by atoms with Gasteiger partial charge in [0.15, 0.2) is 11.3 Å². The van der Waals surface area contributed by atoms with E-state index in [2.05, 4.69) is 38.0 Å². The number of benzene rings is 1. The van der Waals surface area contributed by atoms with E-state index in [0.717, 1.165) is 33.6 Å². The lowest BCUT2D eigenvalue weighted by Crippen LogP contribution is -1.97. The van der Waals surface area contributed by atoms with Crippen molar-refractivity contribution < 1.29 is 0 Å². The largest absolute Gasteiger partial charge is 0.254 e. The minimum Gasteiger partial charge on any atom is -0.254 e. The molecule has 0 saturated heterocycles. The normalized spacial score (nSPS) is 11.8. The number of halogens is 1. The Morgan fingerprint density at radius 2 is 1.48 bits per heavy atom. The molecule has 0 aliphatic carbocycles. The Morgan fingerprint density at radius 1 is 0.840 bits per heavy atom. The van der Waals surface area contributed by atoms with Crippen LogP contribution in [0.1, 0.15) is 28.1 Å². The van der Waals surface area contributed by atoms with Gasteiger partial charge in [0.2, 0.25) is 0 Å². The van der Waals surface area contributed by atoms with Crippen LogP contribution in [0.5, 0.6) is 0 Å². The molecule has 5 nitrogen and oxygen atoms in total. The fourth-order valence-corrected chi connectivity index (χ4v) is 4.06. The van der Waals surface area contributed by atoms with Crippen LogP contribution in [0.2, 0.25) is 5.15 Å². The molecule has 0 fully saturated rings. The summed E-state index contributed by atoms with van der Waals surface area (Å²) in [5.41, 5.74) is 9.37. The van der Waals surface area contributed by atoms with Gasteiger partial charge in [0.05, 0.1) is 22.3 Å². The molecule has 0 atom stereocenters. The second kappa shape index (κ2) is 5.30. The molecule has 25 heavy (non-hydrogen) atoms. The summed E-state index contributed by atoms with van der Waals surface area (Å²) in [4.78, 5) is 4.84. The molecule has 0 amide bonds. The van der Waals surface area contributed by atoms with Crippen molar-refractivity contribution in [2.75, 3.05) is 0 Å². The van der Waals surface area contributed by atoms with Gasteiger partial charge in [0.25, 0.3) is 0 Å². The van der Waals surface area contributed by atoms with Gasteiger partial charge in [-0.1, -0.05) is 29.3 Å². The van der Waals surface area contributed by atoms with Crippen molar-refractivity contribution in [3.05, 3.63) is 45.4 Å². The number of nitrogens with zero attached hydrogens (tertiary/aromatic N) is 5. The number of hydrogen-bond acceptors (Lipinski definition) is 3. The van der Waals surface area contributed by atoms with Gasteiger partial charge in [-0.05, 0) is 51.3 Å². The van der Waals surface area contributed by atoms with Gasteiger partial charge in [-0.25, -0.2) is 4.98 Å². The predicted molar refractivity (Wildman–Crippen MR) is 101 cm³/mol. The average Bonchev–Trinajstić information content (AvgIpc) is 2.98. The van der Waals surface area contributed by atoms with E-state index in [1.54, 1.807) is 4.68 Å². The van der Waals surface area contributed by atoms with E-state index >= 15 is 0 Å². The Hall–Kier alpha value is -2.40. The maximum Gasteiger partial charge on any atom is 0.188 e. The number of hydrogen-bond donors (Lipinski definition) is 0. The number of fused-ring (bicyclic) bond motifs is 3. The first-order valence-electron chi connectivity index (χ1n) is 8.26. The molecular formula is C19H20ClN5. The standard InChI is InChI=1S/C19H20ClN5/c1-9-7-10(2)14(11(3)8-9)15-13(5)22-25-18(15)21-12(4)16-17(20)24(6)23-19(16)25/h7-8H,1-6H3. The maximum absolute atomic E-state index is 6.40. The van der Waals surface area contributed by atoms with Gasteiger partial charge in [-0.3, -0.25) is 4.68 Å². The quantitative estimate of drug-likeness (QED) is 0.507. The fourth-order valence-electron chi connectivity index (χ4n) is 3.80. The van der Waals surface area contributed by atoms with Crippen LogP contribution >= 0.6 is 11.6 Å². The molecule has 0 unspecified atom stereocenters. The Bertz CT molecular complexity index is 1140. The van der Waals surface area contributed by atoms with Crippen LogP contribution in [0.25, 0.3) is 27.8 Å². The summed E-state index contributed by atoms with van der Waals surface area (Å²) in [5, 5.41) is 10.7. The summed E-state index contributed by atoms with van der Waals surface area (Å²) in [5.74, 6) is 0. The number of aromatic nitrogens is 5. The number of aryl methyl sites for hydroxylation is 6. The molecule has 0 radical (unpaired) electrons. The minimum atomic E-state index is 0.583.